The summed E-state index contributed by atoms with van der Waals surface area (Å²) in [6.07, 6.45) is 6.72. The van der Waals surface area contributed by atoms with Gasteiger partial charge in [0, 0.05) is 31.5 Å². The molecule has 0 aliphatic carbocycles. The van der Waals surface area contributed by atoms with Gasteiger partial charge in [0.1, 0.15) is 0 Å². The highest BCUT2D eigenvalue weighted by atomic mass is 16.2. The van der Waals surface area contributed by atoms with Crippen molar-refractivity contribution >= 4 is 5.91 Å². The summed E-state index contributed by atoms with van der Waals surface area (Å²) in [6.45, 7) is 4.78. The Bertz CT molecular complexity index is 454. The number of hydrogen-bond donors (Lipinski definition) is 1. The van der Waals surface area contributed by atoms with Crippen LogP contribution in [0, 0.1) is 5.41 Å². The van der Waals surface area contributed by atoms with Crippen molar-refractivity contribution in [2.24, 2.45) is 5.41 Å². The van der Waals surface area contributed by atoms with Crippen LogP contribution in [0.4, 0.5) is 0 Å². The highest BCUT2D eigenvalue weighted by Crippen LogP contribution is 2.41. The zero-order valence-corrected chi connectivity index (χ0v) is 11.4. The number of likely N-dealkylation sites (tertiary alicyclic amines) is 1. The Kier molecular flexibility index (Phi) is 3.27. The van der Waals surface area contributed by atoms with Crippen LogP contribution in [0.15, 0.2) is 24.5 Å². The molecule has 2 atom stereocenters. The van der Waals surface area contributed by atoms with Crippen molar-refractivity contribution in [1.29, 1.82) is 0 Å². The first-order valence-electron chi connectivity index (χ1n) is 7.12. The molecule has 2 saturated heterocycles. The number of piperidine rings is 1. The van der Waals surface area contributed by atoms with Crippen molar-refractivity contribution in [1.82, 2.24) is 15.2 Å². The van der Waals surface area contributed by atoms with Crippen LogP contribution in [0.5, 0.6) is 0 Å². The molecular formula is C15H21N3O. The molecule has 3 rings (SSSR count). The van der Waals surface area contributed by atoms with Gasteiger partial charge in [0.05, 0.1) is 5.41 Å². The maximum absolute atomic E-state index is 12.8. The first kappa shape index (κ1) is 12.6. The van der Waals surface area contributed by atoms with Gasteiger partial charge in [-0.1, -0.05) is 0 Å². The summed E-state index contributed by atoms with van der Waals surface area (Å²) < 4.78 is 0. The minimum Gasteiger partial charge on any atom is -0.335 e. The van der Waals surface area contributed by atoms with Crippen molar-refractivity contribution in [3.8, 4) is 0 Å². The molecule has 4 nitrogen and oxygen atoms in total. The van der Waals surface area contributed by atoms with Crippen molar-refractivity contribution < 1.29 is 4.79 Å². The van der Waals surface area contributed by atoms with E-state index in [0.717, 1.165) is 37.9 Å². The molecule has 0 radical (unpaired) electrons. The topological polar surface area (TPSA) is 45.2 Å². The molecule has 3 heterocycles. The molecule has 4 heteroatoms. The van der Waals surface area contributed by atoms with Gasteiger partial charge in [0.15, 0.2) is 0 Å². The number of carbonyl (C=O) groups is 1. The molecule has 0 saturated carbocycles. The van der Waals surface area contributed by atoms with Gasteiger partial charge in [-0.2, -0.15) is 0 Å². The van der Waals surface area contributed by atoms with Gasteiger partial charge < -0.3 is 10.2 Å². The average Bonchev–Trinajstić information content (AvgIpc) is 2.66. The van der Waals surface area contributed by atoms with Gasteiger partial charge in [0.25, 0.3) is 0 Å². The highest BCUT2D eigenvalue weighted by molar-refractivity contribution is 5.85. The number of nitrogens with one attached hydrogen (secondary N) is 1. The van der Waals surface area contributed by atoms with E-state index in [1.165, 1.54) is 0 Å². The van der Waals surface area contributed by atoms with Crippen LogP contribution in [-0.2, 0) is 11.3 Å². The molecule has 1 aromatic heterocycles. The Morgan fingerprint density at radius 2 is 2.26 bits per heavy atom. The molecule has 2 unspecified atom stereocenters. The SMILES string of the molecule is CC1CC2(CCCNC2)C(=O)N1Cc1ccncc1. The molecular weight excluding hydrogens is 238 g/mol. The van der Waals surface area contributed by atoms with Gasteiger partial charge in [-0.25, -0.2) is 0 Å². The zero-order valence-electron chi connectivity index (χ0n) is 11.4. The lowest BCUT2D eigenvalue weighted by atomic mass is 9.78. The van der Waals surface area contributed by atoms with Crippen LogP contribution in [0.1, 0.15) is 31.7 Å². The third-order valence-electron chi connectivity index (χ3n) is 4.51. The second-order valence-electron chi connectivity index (χ2n) is 5.90. The maximum Gasteiger partial charge on any atom is 0.230 e. The number of rotatable bonds is 2. The molecule has 1 N–H and O–H groups in total. The molecule has 2 aliphatic heterocycles. The standard InChI is InChI=1S/C15H21N3O/c1-12-9-15(5-2-6-17-11-15)14(19)18(12)10-13-3-7-16-8-4-13/h3-4,7-8,12,17H,2,5-6,9-11H2,1H3. The Labute approximate surface area is 114 Å². The van der Waals surface area contributed by atoms with Crippen molar-refractivity contribution in [2.45, 2.75) is 38.8 Å². The summed E-state index contributed by atoms with van der Waals surface area (Å²) in [5.41, 5.74) is 1.03. The predicted octanol–water partition coefficient (Wildman–Crippen LogP) is 1.57. The molecule has 0 aromatic carbocycles. The second kappa shape index (κ2) is 4.93. The summed E-state index contributed by atoms with van der Waals surface area (Å²) >= 11 is 0. The quantitative estimate of drug-likeness (QED) is 0.877. The number of aromatic nitrogens is 1. The van der Waals surface area contributed by atoms with E-state index in [0.29, 0.717) is 18.5 Å². The molecule has 102 valence electrons. The van der Waals surface area contributed by atoms with Crippen molar-refractivity contribution in [2.75, 3.05) is 13.1 Å². The van der Waals surface area contributed by atoms with E-state index in [1.807, 2.05) is 17.0 Å². The van der Waals surface area contributed by atoms with E-state index in [-0.39, 0.29) is 5.41 Å². The first-order chi connectivity index (χ1) is 9.21. The van der Waals surface area contributed by atoms with E-state index >= 15 is 0 Å². The Morgan fingerprint density at radius 1 is 1.47 bits per heavy atom. The largest absolute Gasteiger partial charge is 0.335 e. The lowest BCUT2D eigenvalue weighted by Gasteiger charge is -2.32. The first-order valence-corrected chi connectivity index (χ1v) is 7.12. The normalized spacial score (nSPS) is 31.1. The molecule has 1 amide bonds. The lowest BCUT2D eigenvalue weighted by molar-refractivity contribution is -0.138. The fourth-order valence-electron chi connectivity index (χ4n) is 3.50. The number of amides is 1. The number of hydrogen-bond acceptors (Lipinski definition) is 3. The van der Waals surface area contributed by atoms with Gasteiger partial charge in [-0.3, -0.25) is 9.78 Å². The third kappa shape index (κ3) is 2.25. The monoisotopic (exact) mass is 259 g/mol. The Hall–Kier alpha value is -1.42. The van der Waals surface area contributed by atoms with Crippen LogP contribution < -0.4 is 5.32 Å². The number of pyridine rings is 1. The van der Waals surface area contributed by atoms with E-state index in [1.54, 1.807) is 12.4 Å². The van der Waals surface area contributed by atoms with Crippen LogP contribution >= 0.6 is 0 Å². The molecule has 2 aliphatic rings. The fourth-order valence-corrected chi connectivity index (χ4v) is 3.50. The predicted molar refractivity (Wildman–Crippen MR) is 73.4 cm³/mol. The summed E-state index contributed by atoms with van der Waals surface area (Å²) in [4.78, 5) is 18.8. The van der Waals surface area contributed by atoms with Crippen LogP contribution in [-0.4, -0.2) is 34.9 Å². The Balaban J connectivity index is 1.77. The maximum atomic E-state index is 12.8. The van der Waals surface area contributed by atoms with E-state index in [9.17, 15) is 4.79 Å². The summed E-state index contributed by atoms with van der Waals surface area (Å²) in [7, 11) is 0. The smallest absolute Gasteiger partial charge is 0.230 e. The highest BCUT2D eigenvalue weighted by Gasteiger charge is 2.50. The van der Waals surface area contributed by atoms with Gasteiger partial charge >= 0.3 is 0 Å². The van der Waals surface area contributed by atoms with E-state index in [4.69, 9.17) is 0 Å². The fraction of sp³-hybridized carbons (Fsp3) is 0.600. The Morgan fingerprint density at radius 3 is 2.95 bits per heavy atom. The minimum absolute atomic E-state index is 0.134. The van der Waals surface area contributed by atoms with E-state index in [2.05, 4.69) is 17.2 Å². The average molecular weight is 259 g/mol. The molecule has 19 heavy (non-hydrogen) atoms. The van der Waals surface area contributed by atoms with Crippen LogP contribution in [0.3, 0.4) is 0 Å². The molecule has 1 spiro atoms. The van der Waals surface area contributed by atoms with Crippen LogP contribution in [0.25, 0.3) is 0 Å². The van der Waals surface area contributed by atoms with Crippen molar-refractivity contribution in [3.05, 3.63) is 30.1 Å². The van der Waals surface area contributed by atoms with Gasteiger partial charge in [0.2, 0.25) is 5.91 Å². The second-order valence-corrected chi connectivity index (χ2v) is 5.90. The minimum atomic E-state index is -0.134. The molecule has 1 aromatic rings. The summed E-state index contributed by atoms with van der Waals surface area (Å²) in [5, 5.41) is 3.40. The van der Waals surface area contributed by atoms with Gasteiger partial charge in [-0.15, -0.1) is 0 Å². The number of carbonyl (C=O) groups excluding carboxylic acids is 1. The summed E-state index contributed by atoms with van der Waals surface area (Å²) in [6, 6.07) is 4.31. The van der Waals surface area contributed by atoms with Crippen LogP contribution in [0.2, 0.25) is 0 Å². The van der Waals surface area contributed by atoms with Gasteiger partial charge in [-0.05, 0) is 50.4 Å². The lowest BCUT2D eigenvalue weighted by Crippen LogP contribution is -2.45. The number of nitrogens with zero attached hydrogens (tertiary/aromatic N) is 2. The third-order valence-corrected chi connectivity index (χ3v) is 4.51. The summed E-state index contributed by atoms with van der Waals surface area (Å²) in [5.74, 6) is 0.337. The van der Waals surface area contributed by atoms with Crippen molar-refractivity contribution in [3.63, 3.8) is 0 Å². The molecule has 0 bridgehead atoms. The zero-order chi connectivity index (χ0) is 13.3. The molecule has 2 fully saturated rings. The van der Waals surface area contributed by atoms with E-state index < -0.39 is 0 Å².